The lowest BCUT2D eigenvalue weighted by Crippen LogP contribution is -2.69. The maximum absolute atomic E-state index is 15.1. The summed E-state index contributed by atoms with van der Waals surface area (Å²) >= 11 is 6.33. The van der Waals surface area contributed by atoms with Gasteiger partial charge in [0, 0.05) is 145 Å². The van der Waals surface area contributed by atoms with E-state index in [0.717, 1.165) is 0 Å². The SMILES string of the molecule is COc1ccc(C(=O)NCC(CCC(OC)(OC)C(C(NC(=O)c2ccc(Cl)cc2)C(CCC(C)(OC)OC)(OC)OC)C(c2ccccn2)C(CC(NC=O)C(C)(OC)OC)(OC)OC)(OC)OC)cc1. The van der Waals surface area contributed by atoms with Gasteiger partial charge < -0.3 is 77.5 Å². The van der Waals surface area contributed by atoms with Crippen LogP contribution in [0.25, 0.3) is 0 Å². The molecule has 3 aromatic rings. The van der Waals surface area contributed by atoms with E-state index in [0.29, 0.717) is 28.4 Å². The Hall–Kier alpha value is -4.39. The molecule has 0 saturated heterocycles. The monoisotopic (exact) mass is 1040 g/mol. The maximum atomic E-state index is 15.1. The lowest BCUT2D eigenvalue weighted by atomic mass is 9.67. The molecule has 0 saturated carbocycles. The molecule has 404 valence electrons. The van der Waals surface area contributed by atoms with Crippen LogP contribution >= 0.6 is 11.6 Å². The topological polar surface area (TPSA) is 220 Å². The molecule has 0 radical (unpaired) electrons. The molecule has 20 nitrogen and oxygen atoms in total. The molecular weight excluding hydrogens is 960 g/mol. The normalized spacial score (nSPS) is 14.5. The van der Waals surface area contributed by atoms with Crippen molar-refractivity contribution in [1.82, 2.24) is 20.9 Å². The van der Waals surface area contributed by atoms with Crippen LogP contribution in [0.2, 0.25) is 5.02 Å². The van der Waals surface area contributed by atoms with Gasteiger partial charge in [0.15, 0.2) is 34.7 Å². The van der Waals surface area contributed by atoms with Crippen molar-refractivity contribution in [3.05, 3.63) is 94.8 Å². The number of halogens is 1. The van der Waals surface area contributed by atoms with Crippen molar-refractivity contribution in [2.75, 3.05) is 99.0 Å². The van der Waals surface area contributed by atoms with Gasteiger partial charge in [-0.25, -0.2) is 0 Å². The van der Waals surface area contributed by atoms with Gasteiger partial charge in [0.1, 0.15) is 5.75 Å². The number of carbonyl (C=O) groups excluding carboxylic acids is 3. The van der Waals surface area contributed by atoms with Gasteiger partial charge in [-0.15, -0.1) is 0 Å². The molecule has 3 N–H and O–H groups in total. The molecule has 0 fully saturated rings. The number of hydrogen-bond donors (Lipinski definition) is 3. The van der Waals surface area contributed by atoms with Crippen LogP contribution in [-0.4, -0.2) is 169 Å². The fourth-order valence-corrected chi connectivity index (χ4v) is 9.19. The van der Waals surface area contributed by atoms with Crippen LogP contribution in [0.15, 0.2) is 72.9 Å². The zero-order valence-electron chi connectivity index (χ0n) is 44.4. The fraction of sp³-hybridized carbons (Fsp3) is 0.608. The van der Waals surface area contributed by atoms with Gasteiger partial charge >= 0.3 is 0 Å². The van der Waals surface area contributed by atoms with E-state index in [1.807, 2.05) is 0 Å². The number of aromatic nitrogens is 1. The third kappa shape index (κ3) is 14.5. The highest BCUT2D eigenvalue weighted by molar-refractivity contribution is 6.30. The first-order valence-electron chi connectivity index (χ1n) is 23.1. The largest absolute Gasteiger partial charge is 0.497 e. The smallest absolute Gasteiger partial charge is 0.251 e. The van der Waals surface area contributed by atoms with Gasteiger partial charge in [-0.1, -0.05) is 17.7 Å². The number of benzene rings is 2. The van der Waals surface area contributed by atoms with Crippen molar-refractivity contribution in [3.63, 3.8) is 0 Å². The summed E-state index contributed by atoms with van der Waals surface area (Å²) in [5.74, 6) is -12.8. The number of rotatable bonds is 35. The minimum atomic E-state index is -1.92. The molecule has 0 bridgehead atoms. The van der Waals surface area contributed by atoms with Crippen LogP contribution in [0.4, 0.5) is 0 Å². The van der Waals surface area contributed by atoms with E-state index in [4.69, 9.17) is 78.2 Å². The Labute approximate surface area is 429 Å². The molecule has 1 heterocycles. The van der Waals surface area contributed by atoms with E-state index in [-0.39, 0.29) is 44.2 Å². The highest BCUT2D eigenvalue weighted by Crippen LogP contribution is 2.52. The van der Waals surface area contributed by atoms with Gasteiger partial charge in [0.25, 0.3) is 11.8 Å². The third-order valence-corrected chi connectivity index (χ3v) is 14.4. The minimum Gasteiger partial charge on any atom is -0.497 e. The maximum Gasteiger partial charge on any atom is 0.251 e. The van der Waals surface area contributed by atoms with Crippen LogP contribution in [0, 0.1) is 5.92 Å². The molecule has 3 rings (SSSR count). The number of carbonyl (C=O) groups is 3. The third-order valence-electron chi connectivity index (χ3n) is 14.1. The summed E-state index contributed by atoms with van der Waals surface area (Å²) in [6.45, 7) is 3.24. The Morgan fingerprint density at radius 3 is 1.60 bits per heavy atom. The first-order chi connectivity index (χ1) is 34.3. The van der Waals surface area contributed by atoms with Crippen molar-refractivity contribution in [3.8, 4) is 5.75 Å². The molecule has 21 heteroatoms. The average molecular weight is 1040 g/mol. The second-order valence-electron chi connectivity index (χ2n) is 17.1. The Kier molecular flexibility index (Phi) is 24.4. The predicted molar refractivity (Wildman–Crippen MR) is 266 cm³/mol. The second kappa shape index (κ2) is 28.3. The van der Waals surface area contributed by atoms with Crippen molar-refractivity contribution < 1.29 is 76.0 Å². The van der Waals surface area contributed by atoms with Gasteiger partial charge in [0.2, 0.25) is 6.41 Å². The Morgan fingerprint density at radius 2 is 1.14 bits per heavy atom. The molecule has 4 unspecified atom stereocenters. The van der Waals surface area contributed by atoms with Crippen LogP contribution < -0.4 is 20.7 Å². The summed E-state index contributed by atoms with van der Waals surface area (Å²) in [6.07, 6.45) is 1.86. The van der Waals surface area contributed by atoms with Crippen molar-refractivity contribution in [2.24, 2.45) is 5.92 Å². The molecule has 0 aliphatic carbocycles. The van der Waals surface area contributed by atoms with E-state index < -0.39 is 70.5 Å². The van der Waals surface area contributed by atoms with Crippen LogP contribution in [0.3, 0.4) is 0 Å². The van der Waals surface area contributed by atoms with Crippen LogP contribution in [0.1, 0.15) is 78.3 Å². The van der Waals surface area contributed by atoms with Crippen molar-refractivity contribution >= 4 is 29.8 Å². The van der Waals surface area contributed by atoms with Crippen LogP contribution in [-0.2, 0) is 61.6 Å². The number of nitrogens with one attached hydrogen (secondary N) is 3. The summed E-state index contributed by atoms with van der Waals surface area (Å²) in [4.78, 5) is 46.1. The van der Waals surface area contributed by atoms with Gasteiger partial charge in [0.05, 0.1) is 37.6 Å². The van der Waals surface area contributed by atoms with Crippen molar-refractivity contribution in [1.29, 1.82) is 0 Å². The minimum absolute atomic E-state index is 0.0100. The molecule has 0 spiro atoms. The van der Waals surface area contributed by atoms with Gasteiger partial charge in [-0.3, -0.25) is 19.4 Å². The highest BCUT2D eigenvalue weighted by Gasteiger charge is 2.63. The Bertz CT molecular complexity index is 2060. The van der Waals surface area contributed by atoms with Gasteiger partial charge in [-0.2, -0.15) is 0 Å². The number of amides is 3. The zero-order chi connectivity index (χ0) is 53.8. The molecular formula is C51H77ClN4O16. The fourth-order valence-electron chi connectivity index (χ4n) is 9.06. The second-order valence-corrected chi connectivity index (χ2v) is 17.6. The Balaban J connectivity index is 2.59. The standard InChI is InChI=1S/C51H77ClN4O16/c1-46(61-4,62-5)27-29-50(69-12,70-13)43(56-45(59)36-19-23-37(52)24-20-36)42(41(39-18-16-17-31-53-39)51(71-14,72-15)32-40(55-34-57)47(2,63-6)64-7)49(67-10,68-11)30-28-48(65-8,66-9)33-54-44(58)35-21-25-38(60-3)26-22-35/h16-26,31,34,40-43H,27-30,32-33H2,1-15H3,(H,54,58)(H,55,57)(H,56,59). The lowest BCUT2D eigenvalue weighted by molar-refractivity contribution is -0.331. The van der Waals surface area contributed by atoms with Crippen LogP contribution in [0.5, 0.6) is 5.75 Å². The van der Waals surface area contributed by atoms with E-state index >= 15 is 4.79 Å². The summed E-state index contributed by atoms with van der Waals surface area (Å²) in [5.41, 5.74) is 0.925. The number of pyridine rings is 1. The average Bonchev–Trinajstić information content (AvgIpc) is 3.43. The molecule has 4 atom stereocenters. The number of hydrogen-bond acceptors (Lipinski definition) is 17. The Morgan fingerprint density at radius 1 is 0.611 bits per heavy atom. The zero-order valence-corrected chi connectivity index (χ0v) is 45.2. The molecule has 72 heavy (non-hydrogen) atoms. The summed E-state index contributed by atoms with van der Waals surface area (Å²) in [6, 6.07) is 15.8. The number of ether oxygens (including phenoxy) is 13. The molecule has 1 aromatic heterocycles. The van der Waals surface area contributed by atoms with Gasteiger partial charge in [-0.05, 0) is 74.5 Å². The van der Waals surface area contributed by atoms with E-state index in [9.17, 15) is 9.59 Å². The first-order valence-corrected chi connectivity index (χ1v) is 23.4. The summed E-state index contributed by atoms with van der Waals surface area (Å²) < 4.78 is 80.8. The quantitative estimate of drug-likeness (QED) is 0.0474. The molecule has 0 aliphatic rings. The summed E-state index contributed by atoms with van der Waals surface area (Å²) in [5, 5.41) is 9.46. The lowest BCUT2D eigenvalue weighted by Gasteiger charge is -2.55. The van der Waals surface area contributed by atoms with E-state index in [2.05, 4.69) is 16.0 Å². The number of nitrogens with zero attached hydrogens (tertiary/aromatic N) is 1. The summed E-state index contributed by atoms with van der Waals surface area (Å²) in [7, 11) is 18.9. The highest BCUT2D eigenvalue weighted by atomic mass is 35.5. The predicted octanol–water partition coefficient (Wildman–Crippen LogP) is 5.71. The molecule has 0 aliphatic heterocycles. The number of methoxy groups -OCH3 is 13. The van der Waals surface area contributed by atoms with Crippen molar-refractivity contribution in [2.45, 2.75) is 98.7 Å². The molecule has 3 amide bonds. The van der Waals surface area contributed by atoms with E-state index in [1.165, 1.54) is 92.4 Å². The first kappa shape index (κ1) is 61.9. The van der Waals surface area contributed by atoms with E-state index in [1.54, 1.807) is 86.8 Å². The molecule has 2 aromatic carbocycles.